The quantitative estimate of drug-likeness (QED) is 0.909. The van der Waals surface area contributed by atoms with Crippen LogP contribution in [-0.2, 0) is 0 Å². The maximum atomic E-state index is 12.5. The van der Waals surface area contributed by atoms with Crippen molar-refractivity contribution >= 4 is 33.5 Å². The summed E-state index contributed by atoms with van der Waals surface area (Å²) in [4.78, 5) is 23.1. The van der Waals surface area contributed by atoms with Crippen LogP contribution in [-0.4, -0.2) is 33.9 Å². The molecule has 0 unspecified atom stereocenters. The van der Waals surface area contributed by atoms with Gasteiger partial charge in [0.1, 0.15) is 5.69 Å². The number of nitrogens with zero attached hydrogens (tertiary/aromatic N) is 3. The van der Waals surface area contributed by atoms with Crippen LogP contribution in [0.3, 0.4) is 0 Å². The Bertz CT molecular complexity index is 698. The Morgan fingerprint density at radius 1 is 1.23 bits per heavy atom. The van der Waals surface area contributed by atoms with E-state index in [4.69, 9.17) is 0 Å². The van der Waals surface area contributed by atoms with E-state index in [1.54, 1.807) is 6.07 Å². The second-order valence-corrected chi connectivity index (χ2v) is 6.18. The molecule has 3 rings (SSSR count). The first kappa shape index (κ1) is 15.0. The van der Waals surface area contributed by atoms with Crippen molar-refractivity contribution in [1.29, 1.82) is 0 Å². The standard InChI is InChI=1S/C16H17BrN4O/c1-11-10-14(15(22)21-8-4-5-9-21)20-16(18-11)19-13-7-3-2-6-12(13)17/h2-3,6-7,10H,4-5,8-9H2,1H3,(H,18,19,20). The molecule has 1 aromatic carbocycles. The summed E-state index contributed by atoms with van der Waals surface area (Å²) in [7, 11) is 0. The average molecular weight is 361 g/mol. The summed E-state index contributed by atoms with van der Waals surface area (Å²) < 4.78 is 0.924. The number of anilines is 2. The highest BCUT2D eigenvalue weighted by molar-refractivity contribution is 9.10. The van der Waals surface area contributed by atoms with E-state index in [-0.39, 0.29) is 5.91 Å². The van der Waals surface area contributed by atoms with E-state index < -0.39 is 0 Å². The first-order valence-corrected chi connectivity index (χ1v) is 8.09. The minimum atomic E-state index is -0.0156. The van der Waals surface area contributed by atoms with Crippen LogP contribution in [0.2, 0.25) is 0 Å². The number of hydrogen-bond donors (Lipinski definition) is 1. The predicted molar refractivity (Wildman–Crippen MR) is 89.3 cm³/mol. The van der Waals surface area contributed by atoms with Crippen LogP contribution < -0.4 is 5.32 Å². The van der Waals surface area contributed by atoms with Crippen molar-refractivity contribution in [2.45, 2.75) is 19.8 Å². The minimum Gasteiger partial charge on any atom is -0.337 e. The number of benzene rings is 1. The Morgan fingerprint density at radius 3 is 2.68 bits per heavy atom. The molecule has 1 aromatic heterocycles. The Balaban J connectivity index is 1.86. The van der Waals surface area contributed by atoms with E-state index in [9.17, 15) is 4.79 Å². The summed E-state index contributed by atoms with van der Waals surface area (Å²) in [5.74, 6) is 0.424. The second kappa shape index (κ2) is 6.44. The number of para-hydroxylation sites is 1. The zero-order chi connectivity index (χ0) is 15.5. The first-order valence-electron chi connectivity index (χ1n) is 7.30. The number of carbonyl (C=O) groups is 1. The molecular weight excluding hydrogens is 344 g/mol. The lowest BCUT2D eigenvalue weighted by Gasteiger charge is -2.15. The summed E-state index contributed by atoms with van der Waals surface area (Å²) >= 11 is 3.48. The Morgan fingerprint density at radius 2 is 1.95 bits per heavy atom. The van der Waals surface area contributed by atoms with Crippen LogP contribution in [0, 0.1) is 6.92 Å². The first-order chi connectivity index (χ1) is 10.6. The molecule has 1 aliphatic rings. The number of carbonyl (C=O) groups excluding carboxylic acids is 1. The highest BCUT2D eigenvalue weighted by Gasteiger charge is 2.21. The summed E-state index contributed by atoms with van der Waals surface area (Å²) in [6.45, 7) is 3.50. The average Bonchev–Trinajstić information content (AvgIpc) is 3.02. The van der Waals surface area contributed by atoms with Crippen LogP contribution in [0.1, 0.15) is 29.0 Å². The Labute approximate surface area is 137 Å². The number of aromatic nitrogens is 2. The van der Waals surface area contributed by atoms with Gasteiger partial charge in [0, 0.05) is 23.3 Å². The fourth-order valence-electron chi connectivity index (χ4n) is 2.50. The van der Waals surface area contributed by atoms with E-state index in [0.29, 0.717) is 11.6 Å². The van der Waals surface area contributed by atoms with Gasteiger partial charge < -0.3 is 10.2 Å². The SMILES string of the molecule is Cc1cc(C(=O)N2CCCC2)nc(Nc2ccccc2Br)n1. The third-order valence-electron chi connectivity index (χ3n) is 3.59. The largest absolute Gasteiger partial charge is 0.337 e. The van der Waals surface area contributed by atoms with Crippen LogP contribution in [0.15, 0.2) is 34.8 Å². The molecule has 5 nitrogen and oxygen atoms in total. The molecule has 0 radical (unpaired) electrons. The van der Waals surface area contributed by atoms with E-state index >= 15 is 0 Å². The summed E-state index contributed by atoms with van der Waals surface area (Å²) in [6.07, 6.45) is 2.13. The molecule has 1 saturated heterocycles. The molecule has 0 bridgehead atoms. The smallest absolute Gasteiger partial charge is 0.272 e. The lowest BCUT2D eigenvalue weighted by Crippen LogP contribution is -2.28. The summed E-state index contributed by atoms with van der Waals surface area (Å²) in [6, 6.07) is 9.48. The van der Waals surface area contributed by atoms with Crippen molar-refractivity contribution in [2.75, 3.05) is 18.4 Å². The Hall–Kier alpha value is -1.95. The lowest BCUT2D eigenvalue weighted by molar-refractivity contribution is 0.0787. The van der Waals surface area contributed by atoms with Gasteiger partial charge in [-0.15, -0.1) is 0 Å². The van der Waals surface area contributed by atoms with Crippen LogP contribution in [0.5, 0.6) is 0 Å². The molecule has 2 aromatic rings. The van der Waals surface area contributed by atoms with Gasteiger partial charge in [-0.3, -0.25) is 4.79 Å². The number of amides is 1. The van der Waals surface area contributed by atoms with Gasteiger partial charge in [0.15, 0.2) is 0 Å². The van der Waals surface area contributed by atoms with E-state index in [1.807, 2.05) is 36.1 Å². The number of nitrogens with one attached hydrogen (secondary N) is 1. The third kappa shape index (κ3) is 3.27. The molecule has 0 saturated carbocycles. The number of likely N-dealkylation sites (tertiary alicyclic amines) is 1. The molecule has 1 aliphatic heterocycles. The number of hydrogen-bond acceptors (Lipinski definition) is 4. The molecule has 1 fully saturated rings. The molecular formula is C16H17BrN4O. The van der Waals surface area contributed by atoms with Crippen LogP contribution in [0.4, 0.5) is 11.6 Å². The van der Waals surface area contributed by atoms with Gasteiger partial charge in [-0.2, -0.15) is 0 Å². The van der Waals surface area contributed by atoms with Gasteiger partial charge in [0.2, 0.25) is 5.95 Å². The zero-order valence-corrected chi connectivity index (χ0v) is 13.9. The van der Waals surface area contributed by atoms with E-state index in [0.717, 1.165) is 41.8 Å². The lowest BCUT2D eigenvalue weighted by atomic mass is 10.3. The maximum Gasteiger partial charge on any atom is 0.272 e. The highest BCUT2D eigenvalue weighted by Crippen LogP contribution is 2.24. The van der Waals surface area contributed by atoms with Crippen molar-refractivity contribution in [3.05, 3.63) is 46.2 Å². The molecule has 0 aliphatic carbocycles. The van der Waals surface area contributed by atoms with Gasteiger partial charge in [0.05, 0.1) is 5.69 Å². The number of aryl methyl sites for hydroxylation is 1. The molecule has 2 heterocycles. The monoisotopic (exact) mass is 360 g/mol. The normalized spacial score (nSPS) is 14.2. The molecule has 22 heavy (non-hydrogen) atoms. The van der Waals surface area contributed by atoms with Crippen molar-refractivity contribution in [3.8, 4) is 0 Å². The van der Waals surface area contributed by atoms with Crippen LogP contribution >= 0.6 is 15.9 Å². The van der Waals surface area contributed by atoms with Gasteiger partial charge in [-0.05, 0) is 53.9 Å². The number of rotatable bonds is 3. The van der Waals surface area contributed by atoms with Crippen molar-refractivity contribution < 1.29 is 4.79 Å². The van der Waals surface area contributed by atoms with Gasteiger partial charge in [-0.1, -0.05) is 12.1 Å². The molecule has 6 heteroatoms. The van der Waals surface area contributed by atoms with E-state index in [2.05, 4.69) is 31.2 Å². The minimum absolute atomic E-state index is 0.0156. The number of halogens is 1. The fourth-order valence-corrected chi connectivity index (χ4v) is 2.88. The van der Waals surface area contributed by atoms with Crippen molar-refractivity contribution in [2.24, 2.45) is 0 Å². The molecule has 1 N–H and O–H groups in total. The Kier molecular flexibility index (Phi) is 4.38. The molecule has 1 amide bonds. The van der Waals surface area contributed by atoms with Gasteiger partial charge >= 0.3 is 0 Å². The zero-order valence-electron chi connectivity index (χ0n) is 12.3. The fraction of sp³-hybridized carbons (Fsp3) is 0.312. The maximum absolute atomic E-state index is 12.5. The second-order valence-electron chi connectivity index (χ2n) is 5.32. The predicted octanol–water partition coefficient (Wildman–Crippen LogP) is 3.53. The summed E-state index contributed by atoms with van der Waals surface area (Å²) in [5.41, 5.74) is 2.09. The van der Waals surface area contributed by atoms with Gasteiger partial charge in [0.25, 0.3) is 5.91 Å². The summed E-state index contributed by atoms with van der Waals surface area (Å²) in [5, 5.41) is 3.16. The molecule has 114 valence electrons. The van der Waals surface area contributed by atoms with Crippen molar-refractivity contribution in [1.82, 2.24) is 14.9 Å². The topological polar surface area (TPSA) is 58.1 Å². The van der Waals surface area contributed by atoms with Crippen molar-refractivity contribution in [3.63, 3.8) is 0 Å². The van der Waals surface area contributed by atoms with Gasteiger partial charge in [-0.25, -0.2) is 9.97 Å². The molecule has 0 spiro atoms. The highest BCUT2D eigenvalue weighted by atomic mass is 79.9. The van der Waals surface area contributed by atoms with E-state index in [1.165, 1.54) is 0 Å². The third-order valence-corrected chi connectivity index (χ3v) is 4.28. The van der Waals surface area contributed by atoms with Crippen LogP contribution in [0.25, 0.3) is 0 Å². The molecule has 0 atom stereocenters.